The summed E-state index contributed by atoms with van der Waals surface area (Å²) in [7, 11) is 1.33. The molecule has 0 aliphatic carbocycles. The second-order valence-electron chi connectivity index (χ2n) is 6.73. The van der Waals surface area contributed by atoms with Crippen LogP contribution in [0.25, 0.3) is 5.69 Å². The molecule has 30 heavy (non-hydrogen) atoms. The number of ether oxygens (including phenoxy) is 1. The number of esters is 1. The van der Waals surface area contributed by atoms with Gasteiger partial charge in [0.05, 0.1) is 18.6 Å². The van der Waals surface area contributed by atoms with Crippen molar-refractivity contribution in [1.29, 1.82) is 0 Å². The van der Waals surface area contributed by atoms with E-state index in [2.05, 4.69) is 46.0 Å². The van der Waals surface area contributed by atoms with E-state index in [1.165, 1.54) is 24.4 Å². The molecule has 2 aromatic heterocycles. The van der Waals surface area contributed by atoms with Crippen LogP contribution >= 0.6 is 11.8 Å². The van der Waals surface area contributed by atoms with Gasteiger partial charge in [0.1, 0.15) is 11.6 Å². The third kappa shape index (κ3) is 4.31. The summed E-state index contributed by atoms with van der Waals surface area (Å²) in [5.41, 5.74) is 3.36. The van der Waals surface area contributed by atoms with Gasteiger partial charge < -0.3 is 9.15 Å². The number of carbonyl (C=O) groups is 1. The van der Waals surface area contributed by atoms with Crippen molar-refractivity contribution in [2.75, 3.05) is 7.11 Å². The lowest BCUT2D eigenvalue weighted by Crippen LogP contribution is -2.05. The Balaban J connectivity index is 1.63. The second-order valence-corrected chi connectivity index (χ2v) is 7.67. The quantitative estimate of drug-likeness (QED) is 0.315. The average Bonchev–Trinajstić information content (AvgIpc) is 3.40. The number of methoxy groups -OCH3 is 1. The lowest BCUT2D eigenvalue weighted by atomic mass is 10.1. The van der Waals surface area contributed by atoms with Gasteiger partial charge in [-0.1, -0.05) is 60.3 Å². The number of benzene rings is 2. The van der Waals surface area contributed by atoms with Gasteiger partial charge in [-0.3, -0.25) is 4.57 Å². The minimum atomic E-state index is -0.487. The predicted molar refractivity (Wildman–Crippen MR) is 115 cm³/mol. The fraction of sp³-hybridized carbons (Fsp3) is 0.174. The largest absolute Gasteiger partial charge is 0.463 e. The number of hydrogen-bond donors (Lipinski definition) is 0. The van der Waals surface area contributed by atoms with Crippen molar-refractivity contribution in [2.24, 2.45) is 0 Å². The molecule has 0 bridgehead atoms. The zero-order valence-corrected chi connectivity index (χ0v) is 17.6. The summed E-state index contributed by atoms with van der Waals surface area (Å²) in [6.45, 7) is 2.07. The highest BCUT2D eigenvalue weighted by molar-refractivity contribution is 7.98. The Labute approximate surface area is 178 Å². The zero-order chi connectivity index (χ0) is 20.9. The summed E-state index contributed by atoms with van der Waals surface area (Å²) in [5.74, 6) is 1.77. The molecule has 0 saturated heterocycles. The SMILES string of the molecule is COC(=O)c1ccc(CSc2nnc(Cc3ccccc3)n2-c2ccccc2C)o1. The third-order valence-electron chi connectivity index (χ3n) is 4.65. The van der Waals surface area contributed by atoms with E-state index in [0.717, 1.165) is 22.2 Å². The minimum Gasteiger partial charge on any atom is -0.463 e. The highest BCUT2D eigenvalue weighted by Crippen LogP contribution is 2.28. The normalized spacial score (nSPS) is 10.9. The predicted octanol–water partition coefficient (Wildman–Crippen LogP) is 4.84. The van der Waals surface area contributed by atoms with Crippen LogP contribution in [0.2, 0.25) is 0 Å². The summed E-state index contributed by atoms with van der Waals surface area (Å²) >= 11 is 1.51. The number of aromatic nitrogens is 3. The van der Waals surface area contributed by atoms with Crippen LogP contribution in [0.4, 0.5) is 0 Å². The number of thioether (sulfide) groups is 1. The molecule has 7 heteroatoms. The molecule has 0 unspecified atom stereocenters. The number of para-hydroxylation sites is 1. The first-order chi connectivity index (χ1) is 14.7. The van der Waals surface area contributed by atoms with Crippen LogP contribution in [0.15, 0.2) is 76.3 Å². The van der Waals surface area contributed by atoms with Crippen molar-refractivity contribution < 1.29 is 13.9 Å². The monoisotopic (exact) mass is 419 g/mol. The summed E-state index contributed by atoms with van der Waals surface area (Å²) in [6.07, 6.45) is 0.677. The molecule has 4 rings (SSSR count). The number of furan rings is 1. The van der Waals surface area contributed by atoms with E-state index in [1.807, 2.05) is 30.3 Å². The number of nitrogens with zero attached hydrogens (tertiary/aromatic N) is 3. The van der Waals surface area contributed by atoms with Gasteiger partial charge >= 0.3 is 5.97 Å². The van der Waals surface area contributed by atoms with Crippen LogP contribution in [0, 0.1) is 6.92 Å². The maximum absolute atomic E-state index is 11.6. The molecule has 0 aliphatic heterocycles. The molecule has 4 aromatic rings. The van der Waals surface area contributed by atoms with Gasteiger partial charge in [0.25, 0.3) is 0 Å². The van der Waals surface area contributed by atoms with E-state index in [9.17, 15) is 4.79 Å². The van der Waals surface area contributed by atoms with Gasteiger partial charge in [0.2, 0.25) is 5.76 Å². The summed E-state index contributed by atoms with van der Waals surface area (Å²) in [6, 6.07) is 21.8. The average molecular weight is 420 g/mol. The lowest BCUT2D eigenvalue weighted by Gasteiger charge is -2.12. The van der Waals surface area contributed by atoms with E-state index in [-0.39, 0.29) is 5.76 Å². The molecule has 2 aromatic carbocycles. The maximum atomic E-state index is 11.6. The van der Waals surface area contributed by atoms with Crippen molar-refractivity contribution in [3.8, 4) is 5.69 Å². The molecule has 0 saturated carbocycles. The molecule has 0 fully saturated rings. The van der Waals surface area contributed by atoms with Crippen LogP contribution < -0.4 is 0 Å². The van der Waals surface area contributed by atoms with Crippen molar-refractivity contribution >= 4 is 17.7 Å². The molecular weight excluding hydrogens is 398 g/mol. The Hall–Kier alpha value is -3.32. The summed E-state index contributed by atoms with van der Waals surface area (Å²) < 4.78 is 12.4. The van der Waals surface area contributed by atoms with Gasteiger partial charge in [0, 0.05) is 6.42 Å². The van der Waals surface area contributed by atoms with E-state index in [4.69, 9.17) is 9.15 Å². The Morgan fingerprint density at radius 3 is 2.57 bits per heavy atom. The van der Waals surface area contributed by atoms with Crippen molar-refractivity contribution in [2.45, 2.75) is 24.3 Å². The Bertz CT molecular complexity index is 1150. The molecule has 6 nitrogen and oxygen atoms in total. The van der Waals surface area contributed by atoms with Gasteiger partial charge in [-0.25, -0.2) is 4.79 Å². The van der Waals surface area contributed by atoms with Gasteiger partial charge in [-0.05, 0) is 36.2 Å². The Morgan fingerprint density at radius 2 is 1.80 bits per heavy atom. The number of carbonyl (C=O) groups excluding carboxylic acids is 1. The number of hydrogen-bond acceptors (Lipinski definition) is 6. The summed E-state index contributed by atoms with van der Waals surface area (Å²) in [5, 5.41) is 9.69. The van der Waals surface area contributed by atoms with E-state index < -0.39 is 5.97 Å². The molecule has 0 atom stereocenters. The molecular formula is C23H21N3O3S. The minimum absolute atomic E-state index is 0.193. The van der Waals surface area contributed by atoms with Crippen LogP contribution in [0.3, 0.4) is 0 Å². The standard InChI is InChI=1S/C23H21N3O3S/c1-16-8-6-7-11-19(16)26-21(14-17-9-4-3-5-10-17)24-25-23(26)30-15-18-12-13-20(29-18)22(27)28-2/h3-13H,14-15H2,1-2H3. The topological polar surface area (TPSA) is 70.2 Å². The Morgan fingerprint density at radius 1 is 1.03 bits per heavy atom. The van der Waals surface area contributed by atoms with Gasteiger partial charge in [-0.2, -0.15) is 0 Å². The van der Waals surface area contributed by atoms with Gasteiger partial charge in [-0.15, -0.1) is 10.2 Å². The zero-order valence-electron chi connectivity index (χ0n) is 16.7. The fourth-order valence-corrected chi connectivity index (χ4v) is 4.00. The first-order valence-electron chi connectivity index (χ1n) is 9.49. The first kappa shape index (κ1) is 20.0. The third-order valence-corrected chi connectivity index (χ3v) is 5.60. The molecule has 2 heterocycles. The van der Waals surface area contributed by atoms with Crippen molar-refractivity contribution in [3.63, 3.8) is 0 Å². The molecule has 0 radical (unpaired) electrons. The van der Waals surface area contributed by atoms with Crippen molar-refractivity contribution in [1.82, 2.24) is 14.8 Å². The smallest absolute Gasteiger partial charge is 0.373 e. The number of rotatable bonds is 7. The summed E-state index contributed by atoms with van der Waals surface area (Å²) in [4.78, 5) is 11.6. The van der Waals surface area contributed by atoms with E-state index in [1.54, 1.807) is 12.1 Å². The lowest BCUT2D eigenvalue weighted by molar-refractivity contribution is 0.0563. The van der Waals surface area contributed by atoms with E-state index >= 15 is 0 Å². The van der Waals surface area contributed by atoms with Crippen LogP contribution in [-0.4, -0.2) is 27.8 Å². The van der Waals surface area contributed by atoms with Crippen LogP contribution in [0.5, 0.6) is 0 Å². The maximum Gasteiger partial charge on any atom is 0.373 e. The first-order valence-corrected chi connectivity index (χ1v) is 10.5. The molecule has 0 aliphatic rings. The van der Waals surface area contributed by atoms with Gasteiger partial charge in [0.15, 0.2) is 5.16 Å². The molecule has 152 valence electrons. The number of aryl methyl sites for hydroxylation is 1. The molecule has 0 amide bonds. The van der Waals surface area contributed by atoms with Crippen LogP contribution in [-0.2, 0) is 16.9 Å². The molecule has 0 spiro atoms. The van der Waals surface area contributed by atoms with Crippen LogP contribution in [0.1, 0.15) is 33.3 Å². The van der Waals surface area contributed by atoms with Crippen molar-refractivity contribution in [3.05, 3.63) is 95.2 Å². The second kappa shape index (κ2) is 9.00. The highest BCUT2D eigenvalue weighted by Gasteiger charge is 2.18. The Kier molecular flexibility index (Phi) is 5.99. The fourth-order valence-electron chi connectivity index (χ4n) is 3.14. The highest BCUT2D eigenvalue weighted by atomic mass is 32.2. The molecule has 0 N–H and O–H groups in total. The van der Waals surface area contributed by atoms with E-state index in [0.29, 0.717) is 17.9 Å².